The van der Waals surface area contributed by atoms with Crippen molar-refractivity contribution in [3.05, 3.63) is 0 Å². The Hall–Kier alpha value is -8.65. The first-order chi connectivity index (χ1) is 52.4. The van der Waals surface area contributed by atoms with Gasteiger partial charge >= 0.3 is 0 Å². The van der Waals surface area contributed by atoms with Crippen molar-refractivity contribution in [2.75, 3.05) is 59.0 Å². The van der Waals surface area contributed by atoms with Gasteiger partial charge in [0.05, 0.1) is 30.8 Å². The molecule has 0 radical (unpaired) electrons. The van der Waals surface area contributed by atoms with Crippen LogP contribution in [0.3, 0.4) is 0 Å². The molecule has 50 nitrogen and oxygen atoms in total. The summed E-state index contributed by atoms with van der Waals surface area (Å²) in [6.07, 6.45) is -24.5. The minimum atomic E-state index is -1.84. The lowest BCUT2D eigenvalue weighted by Crippen LogP contribution is -2.68. The Kier molecular flexibility index (Phi) is 40.7. The number of nitrogens with zero attached hydrogens (tertiary/aromatic N) is 6. The zero-order chi connectivity index (χ0) is 82.9. The quantitative estimate of drug-likeness (QED) is 0.0153. The van der Waals surface area contributed by atoms with Gasteiger partial charge in [0.2, 0.25) is 41.4 Å². The Bertz CT molecular complexity index is 3130. The van der Waals surface area contributed by atoms with Crippen molar-refractivity contribution in [2.45, 2.75) is 243 Å². The monoisotopic (exact) mass is 1590 g/mol. The number of carbonyl (C=O) groups excluding carboxylic acids is 7. The molecule has 0 aromatic rings. The standard InChI is InChI=1S/C61H120N30O20/c1-24(93)86-48(101)28(9-3-15-80-57(69)70)88-50(103)30(11-5-17-82-59(73)74)90-52(105)32(13-7-19-84-61(77)78)91-51(104)31(12-6-18-83-60(75)76)89-49(102)29(10-4-16-81-58(71)72)87-47(100)27(8-2-14-79-56(67)68)85-22-34-40(96)42(98)37(66)54(107-34)109-44-26(64)20-25(63)38(94)46(44)111-55-43(99)45(35(23-92)108-55)110-53-36(65)41(97)39(95)33(21-62)106-53/h25-46,53-55,85,92,94-99H,2-23,62-66H2,1H3,(H,87,100)(H,88,103)(H,89,102)(H,90,105)(H,91,104)(H4,67,68,79)(H4,69,70,80)(H4,71,72,81)(H4,73,74,82)(H4,75,76,83)(H4,77,78,84)(H,86,93,101)/t25-,26+,27+,28+,29+,30+,31+,32+,33-,34-,35-,36-,37-,38+,39-,40-,41-,42-,43-,44?,45-,46-,53?,54-,55?/m1/s1. The predicted octanol–water partition coefficient (Wildman–Crippen LogP) is -17.5. The maximum Gasteiger partial charge on any atom is 0.249 e. The molecule has 4 rings (SSSR count). The SMILES string of the molecule is CC(=O)NC(=O)[C@H](CCCN=C(N)N)NC(=O)[C@H](CCCN=C(N)N)NC(=O)[C@H](CCCN=C(N)N)NC(=O)[C@H](CCCN=C(N)N)NC(=O)[C@H](CCCN=C(N)N)NC(=O)[C@H](CCCN=C(N)N)NC[C@H]1O[C@H](OC2[C@@H](N)C[C@@H](N)[C@H](O)[C@H]2OC2O[C@H](CO)[C@@H](OC3O[C@H](CN)[C@@H](O)[C@H](O)[C@H]3N)[C@H]2O)[C@H](N)[C@@H](O)[C@@H]1O. The molecule has 25 atom stereocenters. The summed E-state index contributed by atoms with van der Waals surface area (Å²) in [6.45, 7) is -0.741. The summed E-state index contributed by atoms with van der Waals surface area (Å²) in [5, 5.41) is 96.0. The number of aliphatic hydroxyl groups is 7. The summed E-state index contributed by atoms with van der Waals surface area (Å²) in [6, 6.07) is -14.0. The smallest absolute Gasteiger partial charge is 0.249 e. The van der Waals surface area contributed by atoms with Crippen molar-refractivity contribution in [3.8, 4) is 0 Å². The number of imide groups is 1. The van der Waals surface area contributed by atoms with Crippen LogP contribution in [-0.2, 0) is 62.0 Å². The van der Waals surface area contributed by atoms with E-state index in [9.17, 15) is 69.3 Å². The van der Waals surface area contributed by atoms with Crippen LogP contribution in [-0.4, -0.2) is 324 Å². The van der Waals surface area contributed by atoms with E-state index in [0.717, 1.165) is 6.92 Å². The number of aliphatic imine (C=N–C) groups is 6. The molecule has 50 heteroatoms. The number of nitrogens with two attached hydrogens (primary N) is 17. The van der Waals surface area contributed by atoms with Gasteiger partial charge in [0.25, 0.3) is 0 Å². The van der Waals surface area contributed by atoms with Gasteiger partial charge in [-0.25, -0.2) is 0 Å². The average Bonchev–Trinajstić information content (AvgIpc) is 1.65. The molecule has 3 heterocycles. The van der Waals surface area contributed by atoms with Gasteiger partial charge in [-0.1, -0.05) is 0 Å². The van der Waals surface area contributed by atoms with Gasteiger partial charge in [0.1, 0.15) is 97.4 Å². The highest BCUT2D eigenvalue weighted by atomic mass is 16.8. The molecule has 0 aromatic heterocycles. The molecule has 634 valence electrons. The highest BCUT2D eigenvalue weighted by Crippen LogP contribution is 2.35. The number of hydrogen-bond donors (Lipinski definition) is 31. The number of carbonyl (C=O) groups is 7. The normalized spacial score (nSPS) is 28.6. The first kappa shape index (κ1) is 94.7. The van der Waals surface area contributed by atoms with Crippen molar-refractivity contribution >= 4 is 77.1 Å². The van der Waals surface area contributed by atoms with Crippen molar-refractivity contribution in [1.29, 1.82) is 0 Å². The molecule has 4 aliphatic rings. The molecule has 3 saturated heterocycles. The number of hydrogen-bond acceptors (Lipinski definition) is 32. The fourth-order valence-corrected chi connectivity index (χ4v) is 12.3. The number of nitrogens with one attached hydrogen (secondary N) is 7. The Morgan fingerprint density at radius 1 is 0.387 bits per heavy atom. The minimum Gasteiger partial charge on any atom is -0.394 e. The van der Waals surface area contributed by atoms with E-state index in [-0.39, 0.29) is 165 Å². The molecular weight excluding hydrogens is 1470 g/mol. The topological polar surface area (TPSA) is 917 Å². The van der Waals surface area contributed by atoms with Gasteiger partial charge in [0.15, 0.2) is 54.6 Å². The highest BCUT2D eigenvalue weighted by Gasteiger charge is 2.55. The van der Waals surface area contributed by atoms with Gasteiger partial charge in [-0.3, -0.25) is 68.8 Å². The fraction of sp³-hybridized carbons (Fsp3) is 0.787. The second-order valence-corrected chi connectivity index (χ2v) is 27.0. The summed E-state index contributed by atoms with van der Waals surface area (Å²) >= 11 is 0. The van der Waals surface area contributed by atoms with E-state index in [4.69, 9.17) is 126 Å². The van der Waals surface area contributed by atoms with Crippen LogP contribution >= 0.6 is 0 Å². The predicted molar refractivity (Wildman–Crippen MR) is 399 cm³/mol. The molecule has 4 fully saturated rings. The lowest BCUT2D eigenvalue weighted by Gasteiger charge is -2.47. The zero-order valence-electron chi connectivity index (χ0n) is 61.9. The fourth-order valence-electron chi connectivity index (χ4n) is 12.3. The molecule has 0 bridgehead atoms. The van der Waals surface area contributed by atoms with Crippen molar-refractivity contribution in [1.82, 2.24) is 37.2 Å². The molecule has 3 unspecified atom stereocenters. The number of amides is 7. The van der Waals surface area contributed by atoms with Gasteiger partial charge in [0, 0.05) is 71.4 Å². The summed E-state index contributed by atoms with van der Waals surface area (Å²) in [7, 11) is 0. The molecule has 111 heavy (non-hydrogen) atoms. The van der Waals surface area contributed by atoms with Crippen LogP contribution < -0.4 is 135 Å². The molecule has 0 aromatic carbocycles. The van der Waals surface area contributed by atoms with Gasteiger partial charge in [-0.15, -0.1) is 0 Å². The van der Waals surface area contributed by atoms with Gasteiger partial charge in [-0.05, 0) is 83.5 Å². The third-order valence-corrected chi connectivity index (χ3v) is 18.2. The number of ether oxygens (including phenoxy) is 6. The maximum absolute atomic E-state index is 14.9. The molecule has 1 aliphatic carbocycles. The van der Waals surface area contributed by atoms with Crippen molar-refractivity contribution in [3.63, 3.8) is 0 Å². The third kappa shape index (κ3) is 31.4. The average molecular weight is 1590 g/mol. The largest absolute Gasteiger partial charge is 0.394 e. The van der Waals surface area contributed by atoms with E-state index in [1.165, 1.54) is 0 Å². The molecule has 0 spiro atoms. The maximum atomic E-state index is 14.9. The third-order valence-electron chi connectivity index (χ3n) is 18.2. The van der Waals surface area contributed by atoms with E-state index in [0.29, 0.717) is 0 Å². The molecule has 1 saturated carbocycles. The summed E-state index contributed by atoms with van der Waals surface area (Å²) in [4.78, 5) is 123. The minimum absolute atomic E-state index is 0.00881. The first-order valence-electron chi connectivity index (χ1n) is 36.1. The Morgan fingerprint density at radius 2 is 0.694 bits per heavy atom. The highest BCUT2D eigenvalue weighted by molar-refractivity contribution is 6.00. The summed E-state index contributed by atoms with van der Waals surface area (Å²) < 4.78 is 36.2. The molecule has 48 N–H and O–H groups in total. The lowest BCUT2D eigenvalue weighted by atomic mass is 9.84. The number of guanidine groups is 6. The number of aliphatic hydroxyl groups excluding tert-OH is 7. The molecular formula is C61H120N30O20. The van der Waals surface area contributed by atoms with Crippen LogP contribution in [0.25, 0.3) is 0 Å². The second-order valence-electron chi connectivity index (χ2n) is 27.0. The van der Waals surface area contributed by atoms with Crippen LogP contribution in [0.1, 0.15) is 90.4 Å². The Morgan fingerprint density at radius 3 is 1.04 bits per heavy atom. The summed E-state index contributed by atoms with van der Waals surface area (Å²) in [5.74, 6) is -8.09. The van der Waals surface area contributed by atoms with Crippen molar-refractivity contribution < 1.29 is 97.7 Å². The Balaban J connectivity index is 1.67. The molecule has 7 amide bonds. The van der Waals surface area contributed by atoms with Crippen molar-refractivity contribution in [2.24, 2.45) is 127 Å². The second kappa shape index (κ2) is 47.7. The van der Waals surface area contributed by atoms with Crippen LogP contribution in [0.2, 0.25) is 0 Å². The molecule has 3 aliphatic heterocycles. The number of rotatable bonds is 46. The van der Waals surface area contributed by atoms with E-state index in [2.05, 4.69) is 67.2 Å². The van der Waals surface area contributed by atoms with Gasteiger partial charge in [-0.2, -0.15) is 0 Å². The van der Waals surface area contributed by atoms with E-state index >= 15 is 0 Å². The first-order valence-corrected chi connectivity index (χ1v) is 36.1. The van der Waals surface area contributed by atoms with E-state index in [1.807, 2.05) is 0 Å². The Labute approximate surface area is 639 Å². The summed E-state index contributed by atoms with van der Waals surface area (Å²) in [5.41, 5.74) is 98.2. The van der Waals surface area contributed by atoms with Crippen LogP contribution in [0.4, 0.5) is 0 Å². The van der Waals surface area contributed by atoms with Crippen LogP contribution in [0, 0.1) is 0 Å². The van der Waals surface area contributed by atoms with Crippen LogP contribution in [0.15, 0.2) is 30.0 Å². The van der Waals surface area contributed by atoms with Crippen LogP contribution in [0.5, 0.6) is 0 Å². The zero-order valence-corrected chi connectivity index (χ0v) is 61.9. The lowest BCUT2D eigenvalue weighted by molar-refractivity contribution is -0.307. The van der Waals surface area contributed by atoms with E-state index < -0.39 is 207 Å². The van der Waals surface area contributed by atoms with Gasteiger partial charge < -0.3 is 194 Å². The van der Waals surface area contributed by atoms with E-state index in [1.54, 1.807) is 0 Å².